The van der Waals surface area contributed by atoms with E-state index in [4.69, 9.17) is 19.7 Å². The molecule has 6 nitrogen and oxygen atoms in total. The van der Waals surface area contributed by atoms with Crippen LogP contribution in [0.1, 0.15) is 40.0 Å². The SMILES string of the molecule is COCCOC(CCN=[N+]=[N-])CCC(C)OCC(C)C. The summed E-state index contributed by atoms with van der Waals surface area (Å²) in [6, 6.07) is 0. The number of nitrogens with zero attached hydrogens (tertiary/aromatic N) is 3. The van der Waals surface area contributed by atoms with Gasteiger partial charge in [0.2, 0.25) is 0 Å². The molecule has 0 bridgehead atoms. The van der Waals surface area contributed by atoms with Crippen molar-refractivity contribution in [3.8, 4) is 0 Å². The van der Waals surface area contributed by atoms with Crippen molar-refractivity contribution < 1.29 is 14.2 Å². The lowest BCUT2D eigenvalue weighted by atomic mass is 10.1. The van der Waals surface area contributed by atoms with E-state index in [2.05, 4.69) is 30.8 Å². The van der Waals surface area contributed by atoms with Crippen molar-refractivity contribution in [1.29, 1.82) is 0 Å². The fourth-order valence-corrected chi connectivity index (χ4v) is 1.72. The van der Waals surface area contributed by atoms with Crippen LogP contribution < -0.4 is 0 Å². The van der Waals surface area contributed by atoms with Crippen molar-refractivity contribution in [3.63, 3.8) is 0 Å². The highest BCUT2D eigenvalue weighted by Gasteiger charge is 2.12. The monoisotopic (exact) mass is 287 g/mol. The highest BCUT2D eigenvalue weighted by Crippen LogP contribution is 2.12. The van der Waals surface area contributed by atoms with Gasteiger partial charge in [0.25, 0.3) is 0 Å². The largest absolute Gasteiger partial charge is 0.382 e. The lowest BCUT2D eigenvalue weighted by Gasteiger charge is -2.20. The third-order valence-electron chi connectivity index (χ3n) is 2.86. The maximum atomic E-state index is 8.31. The minimum Gasteiger partial charge on any atom is -0.382 e. The first-order valence-electron chi connectivity index (χ1n) is 7.33. The first kappa shape index (κ1) is 19.2. The number of methoxy groups -OCH3 is 1. The van der Waals surface area contributed by atoms with Crippen molar-refractivity contribution in [2.75, 3.05) is 33.5 Å². The Balaban J connectivity index is 3.95. The first-order valence-corrected chi connectivity index (χ1v) is 7.33. The molecule has 0 spiro atoms. The Kier molecular flexibility index (Phi) is 12.7. The van der Waals surface area contributed by atoms with E-state index >= 15 is 0 Å². The molecule has 0 amide bonds. The van der Waals surface area contributed by atoms with Gasteiger partial charge in [0.1, 0.15) is 0 Å². The molecule has 0 rings (SSSR count). The van der Waals surface area contributed by atoms with Crippen LogP contribution in [-0.2, 0) is 14.2 Å². The molecule has 0 N–H and O–H groups in total. The van der Waals surface area contributed by atoms with Gasteiger partial charge in [0, 0.05) is 25.2 Å². The van der Waals surface area contributed by atoms with E-state index in [9.17, 15) is 0 Å². The Labute approximate surface area is 122 Å². The summed E-state index contributed by atoms with van der Waals surface area (Å²) in [6.45, 7) is 8.77. The zero-order valence-corrected chi connectivity index (χ0v) is 13.2. The van der Waals surface area contributed by atoms with Crippen LogP contribution in [0.25, 0.3) is 10.4 Å². The van der Waals surface area contributed by atoms with Crippen LogP contribution in [0.2, 0.25) is 0 Å². The third kappa shape index (κ3) is 12.2. The van der Waals surface area contributed by atoms with Crippen molar-refractivity contribution in [2.24, 2.45) is 11.0 Å². The molecule has 0 saturated heterocycles. The van der Waals surface area contributed by atoms with Gasteiger partial charge in [-0.1, -0.05) is 19.0 Å². The standard InChI is InChI=1S/C14H29N3O3/c1-12(2)11-20-13(3)5-6-14(7-8-16-17-15)19-10-9-18-4/h12-14H,5-11H2,1-4H3. The Morgan fingerprint density at radius 1 is 1.05 bits per heavy atom. The summed E-state index contributed by atoms with van der Waals surface area (Å²) in [7, 11) is 1.65. The Hall–Kier alpha value is -0.810. The molecule has 0 aromatic heterocycles. The molecular formula is C14H29N3O3. The second-order valence-corrected chi connectivity index (χ2v) is 5.34. The fourth-order valence-electron chi connectivity index (χ4n) is 1.72. The van der Waals surface area contributed by atoms with E-state index in [0.29, 0.717) is 25.7 Å². The molecular weight excluding hydrogens is 258 g/mol. The number of hydrogen-bond acceptors (Lipinski definition) is 4. The molecule has 6 heteroatoms. The fraction of sp³-hybridized carbons (Fsp3) is 1.00. The average Bonchev–Trinajstić information content (AvgIpc) is 2.42. The van der Waals surface area contributed by atoms with Gasteiger partial charge in [-0.2, -0.15) is 0 Å². The maximum absolute atomic E-state index is 8.31. The Morgan fingerprint density at radius 2 is 1.80 bits per heavy atom. The molecule has 0 aliphatic rings. The smallest absolute Gasteiger partial charge is 0.0704 e. The van der Waals surface area contributed by atoms with Gasteiger partial charge >= 0.3 is 0 Å². The van der Waals surface area contributed by atoms with E-state index in [1.54, 1.807) is 7.11 Å². The molecule has 0 radical (unpaired) electrons. The zero-order valence-electron chi connectivity index (χ0n) is 13.2. The highest BCUT2D eigenvalue weighted by molar-refractivity contribution is 4.64. The van der Waals surface area contributed by atoms with Gasteiger partial charge in [-0.25, -0.2) is 0 Å². The van der Waals surface area contributed by atoms with Crippen LogP contribution in [0.5, 0.6) is 0 Å². The molecule has 0 aliphatic heterocycles. The van der Waals surface area contributed by atoms with Crippen molar-refractivity contribution in [1.82, 2.24) is 0 Å². The highest BCUT2D eigenvalue weighted by atomic mass is 16.5. The predicted molar refractivity (Wildman–Crippen MR) is 79.7 cm³/mol. The van der Waals surface area contributed by atoms with E-state index in [0.717, 1.165) is 25.9 Å². The topological polar surface area (TPSA) is 76.5 Å². The molecule has 0 saturated carbocycles. The second kappa shape index (κ2) is 13.2. The summed E-state index contributed by atoms with van der Waals surface area (Å²) in [5.74, 6) is 0.552. The molecule has 20 heavy (non-hydrogen) atoms. The summed E-state index contributed by atoms with van der Waals surface area (Å²) in [5.41, 5.74) is 8.31. The molecule has 2 unspecified atom stereocenters. The summed E-state index contributed by atoms with van der Waals surface area (Å²) in [4.78, 5) is 2.77. The molecule has 118 valence electrons. The van der Waals surface area contributed by atoms with Gasteiger partial charge < -0.3 is 14.2 Å². The lowest BCUT2D eigenvalue weighted by Crippen LogP contribution is -2.20. The molecule has 0 aromatic carbocycles. The second-order valence-electron chi connectivity index (χ2n) is 5.34. The third-order valence-corrected chi connectivity index (χ3v) is 2.86. The normalized spacial score (nSPS) is 14.1. The quantitative estimate of drug-likeness (QED) is 0.225. The van der Waals surface area contributed by atoms with Gasteiger partial charge in [-0.15, -0.1) is 0 Å². The molecule has 0 fully saturated rings. The minimum atomic E-state index is 0.0979. The molecule has 0 aromatic rings. The van der Waals surface area contributed by atoms with Crippen molar-refractivity contribution in [2.45, 2.75) is 52.2 Å². The van der Waals surface area contributed by atoms with Gasteiger partial charge in [-0.05, 0) is 37.6 Å². The number of rotatable bonds is 13. The summed E-state index contributed by atoms with van der Waals surface area (Å²) in [5, 5.41) is 3.56. The predicted octanol–water partition coefficient (Wildman–Crippen LogP) is 3.56. The van der Waals surface area contributed by atoms with E-state index in [1.807, 2.05) is 0 Å². The maximum Gasteiger partial charge on any atom is 0.0704 e. The summed E-state index contributed by atoms with van der Waals surface area (Å²) in [6.07, 6.45) is 2.92. The van der Waals surface area contributed by atoms with Gasteiger partial charge in [-0.3, -0.25) is 0 Å². The molecule has 2 atom stereocenters. The van der Waals surface area contributed by atoms with E-state index < -0.39 is 0 Å². The zero-order chi connectivity index (χ0) is 15.2. The van der Waals surface area contributed by atoms with Crippen molar-refractivity contribution >= 4 is 0 Å². The lowest BCUT2D eigenvalue weighted by molar-refractivity contribution is -0.00723. The van der Waals surface area contributed by atoms with Crippen LogP contribution in [-0.4, -0.2) is 45.7 Å². The Morgan fingerprint density at radius 3 is 2.40 bits per heavy atom. The van der Waals surface area contributed by atoms with Crippen LogP contribution in [0.3, 0.4) is 0 Å². The molecule has 0 aliphatic carbocycles. The summed E-state index contributed by atoms with van der Waals surface area (Å²) >= 11 is 0. The van der Waals surface area contributed by atoms with E-state index in [1.165, 1.54) is 0 Å². The average molecular weight is 287 g/mol. The van der Waals surface area contributed by atoms with Crippen LogP contribution in [0.4, 0.5) is 0 Å². The van der Waals surface area contributed by atoms with Crippen LogP contribution >= 0.6 is 0 Å². The minimum absolute atomic E-state index is 0.0979. The number of azide groups is 1. The summed E-state index contributed by atoms with van der Waals surface area (Å²) < 4.78 is 16.5. The van der Waals surface area contributed by atoms with Crippen LogP contribution in [0.15, 0.2) is 5.11 Å². The van der Waals surface area contributed by atoms with Crippen molar-refractivity contribution in [3.05, 3.63) is 10.4 Å². The van der Waals surface area contributed by atoms with Crippen LogP contribution in [0, 0.1) is 5.92 Å². The number of hydrogen-bond donors (Lipinski definition) is 0. The van der Waals surface area contributed by atoms with Gasteiger partial charge in [0.15, 0.2) is 0 Å². The Bertz CT molecular complexity index is 268. The molecule has 0 heterocycles. The number of ether oxygens (including phenoxy) is 3. The van der Waals surface area contributed by atoms with E-state index in [-0.39, 0.29) is 12.2 Å². The first-order chi connectivity index (χ1) is 9.60. The van der Waals surface area contributed by atoms with Gasteiger partial charge in [0.05, 0.1) is 25.4 Å².